The molecule has 0 saturated carbocycles. The van der Waals surface area contributed by atoms with Gasteiger partial charge in [0, 0.05) is 18.8 Å². The van der Waals surface area contributed by atoms with Gasteiger partial charge in [-0.1, -0.05) is 17.7 Å². The monoisotopic (exact) mass is 259 g/mol. The third-order valence-electron chi connectivity index (χ3n) is 2.31. The molecule has 2 aromatic rings. The number of halogens is 1. The van der Waals surface area contributed by atoms with E-state index in [4.69, 9.17) is 27.3 Å². The highest BCUT2D eigenvalue weighted by Gasteiger charge is 2.06. The Morgan fingerprint density at radius 2 is 2.17 bits per heavy atom. The van der Waals surface area contributed by atoms with E-state index >= 15 is 0 Å². The first-order valence-corrected chi connectivity index (χ1v) is 5.62. The summed E-state index contributed by atoms with van der Waals surface area (Å²) in [4.78, 5) is 3.91. The summed E-state index contributed by atoms with van der Waals surface area (Å²) in [5, 5.41) is 9.53. The molecule has 2 rings (SSSR count). The molecule has 0 unspecified atom stereocenters. The zero-order valence-electron chi connectivity index (χ0n) is 9.43. The van der Waals surface area contributed by atoms with Crippen LogP contribution in [0, 0.1) is 11.3 Å². The highest BCUT2D eigenvalue weighted by Crippen LogP contribution is 2.26. The molecule has 0 aliphatic heterocycles. The lowest BCUT2D eigenvalue weighted by Gasteiger charge is -2.08. The van der Waals surface area contributed by atoms with Gasteiger partial charge >= 0.3 is 0 Å². The summed E-state index contributed by atoms with van der Waals surface area (Å²) in [5.41, 5.74) is 6.82. The van der Waals surface area contributed by atoms with Gasteiger partial charge in [0.15, 0.2) is 0 Å². The van der Waals surface area contributed by atoms with E-state index in [1.54, 1.807) is 18.2 Å². The third-order valence-corrected chi connectivity index (χ3v) is 2.51. The van der Waals surface area contributed by atoms with Gasteiger partial charge in [0.1, 0.15) is 17.6 Å². The Labute approximate surface area is 110 Å². The van der Waals surface area contributed by atoms with Crippen LogP contribution < -0.4 is 10.5 Å². The van der Waals surface area contributed by atoms with Crippen LogP contribution in [0.3, 0.4) is 0 Å². The summed E-state index contributed by atoms with van der Waals surface area (Å²) in [6, 6.07) is 8.93. The van der Waals surface area contributed by atoms with Gasteiger partial charge in [0.05, 0.1) is 16.8 Å². The Morgan fingerprint density at radius 1 is 1.33 bits per heavy atom. The SMILES string of the molecule is N#Cc1cc(CN)ccc1Oc1cncc(Cl)c1. The van der Waals surface area contributed by atoms with Crippen LogP contribution >= 0.6 is 11.6 Å². The fraction of sp³-hybridized carbons (Fsp3) is 0.0769. The number of nitriles is 1. The second-order valence-corrected chi connectivity index (χ2v) is 4.02. The number of pyridine rings is 1. The van der Waals surface area contributed by atoms with Crippen molar-refractivity contribution in [1.82, 2.24) is 4.98 Å². The number of hydrogen-bond donors (Lipinski definition) is 1. The summed E-state index contributed by atoms with van der Waals surface area (Å²) < 4.78 is 5.57. The van der Waals surface area contributed by atoms with Crippen LogP contribution in [0.2, 0.25) is 5.02 Å². The predicted octanol–water partition coefficient (Wildman–Crippen LogP) is 2.86. The molecule has 5 heteroatoms. The standard InChI is InChI=1S/C13H10ClN3O/c14-11-4-12(8-17-7-11)18-13-2-1-9(5-15)3-10(13)6-16/h1-4,7-8H,5,15H2. The maximum atomic E-state index is 9.06. The van der Waals surface area contributed by atoms with Crippen LogP contribution in [-0.2, 0) is 6.54 Å². The van der Waals surface area contributed by atoms with Gasteiger partial charge in [-0.15, -0.1) is 0 Å². The minimum Gasteiger partial charge on any atom is -0.454 e. The normalized spacial score (nSPS) is 9.83. The van der Waals surface area contributed by atoms with Crippen molar-refractivity contribution >= 4 is 11.6 Å². The molecule has 90 valence electrons. The van der Waals surface area contributed by atoms with E-state index in [1.165, 1.54) is 12.4 Å². The lowest BCUT2D eigenvalue weighted by atomic mass is 10.1. The maximum absolute atomic E-state index is 9.06. The van der Waals surface area contributed by atoms with E-state index < -0.39 is 0 Å². The number of ether oxygens (including phenoxy) is 1. The number of hydrogen-bond acceptors (Lipinski definition) is 4. The van der Waals surface area contributed by atoms with Crippen LogP contribution in [0.4, 0.5) is 0 Å². The largest absolute Gasteiger partial charge is 0.454 e. The van der Waals surface area contributed by atoms with Crippen molar-refractivity contribution in [3.8, 4) is 17.6 Å². The van der Waals surface area contributed by atoms with Crippen LogP contribution in [0.1, 0.15) is 11.1 Å². The summed E-state index contributed by atoms with van der Waals surface area (Å²) in [6.07, 6.45) is 3.04. The van der Waals surface area contributed by atoms with Crippen molar-refractivity contribution in [2.24, 2.45) is 5.73 Å². The lowest BCUT2D eigenvalue weighted by molar-refractivity contribution is 0.478. The average Bonchev–Trinajstić information content (AvgIpc) is 2.39. The topological polar surface area (TPSA) is 71.9 Å². The van der Waals surface area contributed by atoms with E-state index in [-0.39, 0.29) is 0 Å². The van der Waals surface area contributed by atoms with Crippen molar-refractivity contribution in [3.05, 3.63) is 52.8 Å². The minimum absolute atomic E-state index is 0.383. The van der Waals surface area contributed by atoms with Gasteiger partial charge < -0.3 is 10.5 Å². The Kier molecular flexibility index (Phi) is 3.78. The Hall–Kier alpha value is -2.09. The van der Waals surface area contributed by atoms with Crippen LogP contribution in [0.15, 0.2) is 36.7 Å². The highest BCUT2D eigenvalue weighted by molar-refractivity contribution is 6.30. The molecular formula is C13H10ClN3O. The summed E-state index contributed by atoms with van der Waals surface area (Å²) in [6.45, 7) is 0.383. The molecular weight excluding hydrogens is 250 g/mol. The van der Waals surface area contributed by atoms with Crippen LogP contribution in [0.25, 0.3) is 0 Å². The van der Waals surface area contributed by atoms with E-state index in [9.17, 15) is 0 Å². The van der Waals surface area contributed by atoms with Gasteiger partial charge in [0.2, 0.25) is 0 Å². The van der Waals surface area contributed by atoms with Crippen molar-refractivity contribution in [1.29, 1.82) is 5.26 Å². The van der Waals surface area contributed by atoms with Gasteiger partial charge in [-0.2, -0.15) is 5.26 Å². The quantitative estimate of drug-likeness (QED) is 0.920. The fourth-order valence-electron chi connectivity index (χ4n) is 1.46. The average molecular weight is 260 g/mol. The number of rotatable bonds is 3. The van der Waals surface area contributed by atoms with Crippen molar-refractivity contribution < 1.29 is 4.74 Å². The molecule has 1 heterocycles. The molecule has 0 saturated heterocycles. The molecule has 0 fully saturated rings. The molecule has 0 aliphatic rings. The number of nitrogens with two attached hydrogens (primary N) is 1. The number of benzene rings is 1. The minimum atomic E-state index is 0.383. The second-order valence-electron chi connectivity index (χ2n) is 3.59. The van der Waals surface area contributed by atoms with Gasteiger partial charge in [-0.25, -0.2) is 0 Å². The van der Waals surface area contributed by atoms with Gasteiger partial charge in [-0.05, 0) is 17.7 Å². The molecule has 0 bridgehead atoms. The Bertz CT molecular complexity index is 607. The molecule has 0 amide bonds. The molecule has 2 N–H and O–H groups in total. The van der Waals surface area contributed by atoms with E-state index in [2.05, 4.69) is 11.1 Å². The summed E-state index contributed by atoms with van der Waals surface area (Å²) >= 11 is 5.81. The number of nitrogens with zero attached hydrogens (tertiary/aromatic N) is 2. The molecule has 18 heavy (non-hydrogen) atoms. The molecule has 0 spiro atoms. The molecule has 1 aromatic carbocycles. The van der Waals surface area contributed by atoms with Gasteiger partial charge in [0.25, 0.3) is 0 Å². The first-order chi connectivity index (χ1) is 8.72. The molecule has 1 aromatic heterocycles. The highest BCUT2D eigenvalue weighted by atomic mass is 35.5. The fourth-order valence-corrected chi connectivity index (χ4v) is 1.62. The molecule has 0 radical (unpaired) electrons. The van der Waals surface area contributed by atoms with E-state index in [0.29, 0.717) is 28.6 Å². The predicted molar refractivity (Wildman–Crippen MR) is 68.4 cm³/mol. The van der Waals surface area contributed by atoms with E-state index in [1.807, 2.05) is 6.07 Å². The van der Waals surface area contributed by atoms with Gasteiger partial charge in [-0.3, -0.25) is 4.98 Å². The first kappa shape index (κ1) is 12.4. The molecule has 0 atom stereocenters. The van der Waals surface area contributed by atoms with Crippen molar-refractivity contribution in [3.63, 3.8) is 0 Å². The summed E-state index contributed by atoms with van der Waals surface area (Å²) in [7, 11) is 0. The zero-order valence-corrected chi connectivity index (χ0v) is 10.2. The Morgan fingerprint density at radius 3 is 2.83 bits per heavy atom. The van der Waals surface area contributed by atoms with E-state index in [0.717, 1.165) is 5.56 Å². The van der Waals surface area contributed by atoms with Crippen LogP contribution in [-0.4, -0.2) is 4.98 Å². The number of aromatic nitrogens is 1. The Balaban J connectivity index is 2.32. The van der Waals surface area contributed by atoms with Crippen molar-refractivity contribution in [2.45, 2.75) is 6.54 Å². The smallest absolute Gasteiger partial charge is 0.147 e. The molecule has 4 nitrogen and oxygen atoms in total. The first-order valence-electron chi connectivity index (χ1n) is 5.24. The third kappa shape index (κ3) is 2.77. The summed E-state index contributed by atoms with van der Waals surface area (Å²) in [5.74, 6) is 0.943. The molecule has 0 aliphatic carbocycles. The second kappa shape index (κ2) is 5.50. The zero-order chi connectivity index (χ0) is 13.0. The lowest BCUT2D eigenvalue weighted by Crippen LogP contribution is -1.97. The maximum Gasteiger partial charge on any atom is 0.147 e. The van der Waals surface area contributed by atoms with Crippen molar-refractivity contribution in [2.75, 3.05) is 0 Å². The van der Waals surface area contributed by atoms with Crippen LogP contribution in [0.5, 0.6) is 11.5 Å².